The van der Waals surface area contributed by atoms with Gasteiger partial charge in [0.05, 0.1) is 0 Å². The molecule has 0 aromatic carbocycles. The zero-order valence-electron chi connectivity index (χ0n) is 31.4. The average molecular weight is 972 g/mol. The fraction of sp³-hybridized carbons (Fsp3) is 0.933. The summed E-state index contributed by atoms with van der Waals surface area (Å²) in [7, 11) is 0. The van der Waals surface area contributed by atoms with Crippen molar-refractivity contribution in [1.29, 1.82) is 0 Å². The Labute approximate surface area is 311 Å². The largest absolute Gasteiger partial charge is 1.00 e. The Morgan fingerprint density at radius 1 is 0.512 bits per heavy atom. The zero-order chi connectivity index (χ0) is 32.9. The van der Waals surface area contributed by atoms with E-state index in [2.05, 4.69) is 61.7 Å². The molecule has 0 amide bonds. The molecule has 0 aliphatic carbocycles. The molecule has 0 spiro atoms. The fourth-order valence-electron chi connectivity index (χ4n) is 1.45. The molecule has 1 saturated heterocycles. The summed E-state index contributed by atoms with van der Waals surface area (Å²) >= 11 is 0. The van der Waals surface area contributed by atoms with Gasteiger partial charge in [-0.3, -0.25) is 5.22 Å². The molecule has 1 aliphatic rings. The summed E-state index contributed by atoms with van der Waals surface area (Å²) in [6.07, 6.45) is 2.56. The monoisotopic (exact) mass is 972 g/mol. The fourth-order valence-corrected chi connectivity index (χ4v) is 1.45. The van der Waals surface area contributed by atoms with E-state index in [4.69, 9.17) is 4.74 Å². The second-order valence-electron chi connectivity index (χ2n) is 15.3. The van der Waals surface area contributed by atoms with Gasteiger partial charge in [0.1, 0.15) is 0 Å². The number of hydrogen-bond acceptors (Lipinski definition) is 5. The Bertz CT molecular complexity index is 546. The number of rotatable bonds is 5. The van der Waals surface area contributed by atoms with E-state index in [0.717, 1.165) is 13.2 Å². The van der Waals surface area contributed by atoms with Crippen molar-refractivity contribution in [2.24, 2.45) is 10.3 Å². The molecule has 0 atom stereocenters. The molecule has 0 aromatic heterocycles. The van der Waals surface area contributed by atoms with E-state index in [1.54, 1.807) is 0 Å². The van der Waals surface area contributed by atoms with Crippen LogP contribution in [0.1, 0.15) is 137 Å². The summed E-state index contributed by atoms with van der Waals surface area (Å²) in [5.74, 6) is 0. The van der Waals surface area contributed by atoms with Gasteiger partial charge in [-0.05, 0) is 23.9 Å². The molecule has 43 heavy (non-hydrogen) atoms. The van der Waals surface area contributed by atoms with Crippen LogP contribution in [0.5, 0.6) is 0 Å². The van der Waals surface area contributed by atoms with Crippen molar-refractivity contribution in [3.05, 3.63) is 40.3 Å². The Morgan fingerprint density at radius 2 is 0.767 bits per heavy atom. The maximum atomic E-state index is 4.94. The first-order chi connectivity index (χ1) is 17.6. The van der Waals surface area contributed by atoms with Gasteiger partial charge in [0.25, 0.3) is 0 Å². The SMILES string of the molecule is C1CCOC1.C=C.CC(C)(C)N=N[N-]C(C)(C)C.CC(C)(C)[N-]N[N-]C(C)(C)C.CC(C)(C)[N-]N[N-]C(C)(C)C.[Au].[Au].[Li+]. The molecule has 13 heteroatoms. The number of nitrogens with zero attached hydrogens (tertiary/aromatic N) is 7. The van der Waals surface area contributed by atoms with Gasteiger partial charge in [0.15, 0.2) is 0 Å². The standard InChI is InChI=1S/2C8H19N3.C8H18N3.C4H8O.C2H4.2Au.Li/c3*1-7(2,3)9-11-10-8(4,5)6;1-2-4-5-3-1;1-2;;;/h2*11H,1-6H3;1-6H3;1-4H2;1-2H2;;;/q2*-2;-1;;;;;+1. The molecule has 1 aliphatic heterocycles. The zero-order valence-corrected chi connectivity index (χ0v) is 35.7. The molecular formula is C30H68Au2LiN9O-4. The minimum Gasteiger partial charge on any atom is -0.612 e. The van der Waals surface area contributed by atoms with Gasteiger partial charge in [0.2, 0.25) is 0 Å². The van der Waals surface area contributed by atoms with Crippen LogP contribution in [0.25, 0.3) is 27.1 Å². The van der Waals surface area contributed by atoms with Crippen LogP contribution < -0.4 is 29.9 Å². The van der Waals surface area contributed by atoms with E-state index in [9.17, 15) is 0 Å². The van der Waals surface area contributed by atoms with Crippen molar-refractivity contribution in [2.75, 3.05) is 13.2 Å². The summed E-state index contributed by atoms with van der Waals surface area (Å²) in [6, 6.07) is 0. The van der Waals surface area contributed by atoms with Crippen LogP contribution >= 0.6 is 0 Å². The van der Waals surface area contributed by atoms with Crippen molar-refractivity contribution in [2.45, 2.75) is 171 Å². The van der Waals surface area contributed by atoms with Crippen molar-refractivity contribution in [1.82, 2.24) is 11.1 Å². The summed E-state index contributed by atoms with van der Waals surface area (Å²) in [6.45, 7) is 44.3. The summed E-state index contributed by atoms with van der Waals surface area (Å²) in [5.41, 5.74) is 25.5. The van der Waals surface area contributed by atoms with Gasteiger partial charge in [-0.1, -0.05) is 125 Å². The third-order valence-corrected chi connectivity index (χ3v) is 3.06. The van der Waals surface area contributed by atoms with E-state index in [1.807, 2.05) is 125 Å². The second-order valence-corrected chi connectivity index (χ2v) is 15.3. The van der Waals surface area contributed by atoms with Gasteiger partial charge in [-0.25, -0.2) is 0 Å². The molecule has 10 nitrogen and oxygen atoms in total. The van der Waals surface area contributed by atoms with E-state index in [-0.39, 0.29) is 96.9 Å². The van der Waals surface area contributed by atoms with Crippen molar-refractivity contribution in [3.63, 3.8) is 0 Å². The molecule has 1 heterocycles. The predicted molar refractivity (Wildman–Crippen MR) is 178 cm³/mol. The Morgan fingerprint density at radius 3 is 0.907 bits per heavy atom. The summed E-state index contributed by atoms with van der Waals surface area (Å²) in [5, 5.41) is 7.76. The minimum absolute atomic E-state index is 0. The summed E-state index contributed by atoms with van der Waals surface area (Å²) < 4.78 is 4.94. The molecule has 266 valence electrons. The van der Waals surface area contributed by atoms with Crippen LogP contribution in [0.2, 0.25) is 0 Å². The van der Waals surface area contributed by atoms with Crippen molar-refractivity contribution in [3.8, 4) is 0 Å². The van der Waals surface area contributed by atoms with E-state index in [0.29, 0.717) is 0 Å². The third-order valence-electron chi connectivity index (χ3n) is 3.06. The molecule has 0 bridgehead atoms. The average Bonchev–Trinajstić information content (AvgIpc) is 3.24. The Balaban J connectivity index is -0.0000000787. The number of ether oxygens (including phenoxy) is 1. The number of hydrogen-bond donors (Lipinski definition) is 2. The van der Waals surface area contributed by atoms with Gasteiger partial charge in [-0.15, -0.1) is 35.3 Å². The van der Waals surface area contributed by atoms with Gasteiger partial charge in [-0.2, -0.15) is 0 Å². The molecule has 0 aromatic rings. The molecule has 2 N–H and O–H groups in total. The molecule has 1 rings (SSSR count). The first-order valence-corrected chi connectivity index (χ1v) is 14.2. The second kappa shape index (κ2) is 29.1. The topological polar surface area (TPSA) is 129 Å². The molecule has 2 radical (unpaired) electrons. The molecular weight excluding hydrogens is 903 g/mol. The number of nitrogens with one attached hydrogen (secondary N) is 2. The summed E-state index contributed by atoms with van der Waals surface area (Å²) in [4.78, 5) is 0. The van der Waals surface area contributed by atoms with Crippen molar-refractivity contribution < 1.29 is 68.4 Å². The molecule has 0 unspecified atom stereocenters. The van der Waals surface area contributed by atoms with E-state index < -0.39 is 0 Å². The van der Waals surface area contributed by atoms with Crippen LogP contribution in [0.3, 0.4) is 0 Å². The van der Waals surface area contributed by atoms with Gasteiger partial charge >= 0.3 is 18.9 Å². The normalized spacial score (nSPS) is 13.4. The van der Waals surface area contributed by atoms with Crippen LogP contribution in [-0.4, -0.2) is 46.4 Å². The van der Waals surface area contributed by atoms with E-state index in [1.165, 1.54) is 12.8 Å². The van der Waals surface area contributed by atoms with E-state index >= 15 is 0 Å². The molecule has 0 saturated carbocycles. The van der Waals surface area contributed by atoms with Crippen LogP contribution in [-0.2, 0) is 49.5 Å². The maximum Gasteiger partial charge on any atom is 1.00 e. The predicted octanol–water partition coefficient (Wildman–Crippen LogP) is 7.42. The third kappa shape index (κ3) is 80.3. The smallest absolute Gasteiger partial charge is 0.612 e. The Hall–Kier alpha value is 0.938. The van der Waals surface area contributed by atoms with Crippen molar-refractivity contribution >= 4 is 0 Å². The quantitative estimate of drug-likeness (QED) is 0.129. The van der Waals surface area contributed by atoms with Crippen LogP contribution in [0, 0.1) is 0 Å². The maximum absolute atomic E-state index is 4.94. The molecule has 1 fully saturated rings. The first kappa shape index (κ1) is 59.4. The van der Waals surface area contributed by atoms with Gasteiger partial charge in [0, 0.05) is 58.0 Å². The van der Waals surface area contributed by atoms with Crippen LogP contribution in [0.15, 0.2) is 23.5 Å². The van der Waals surface area contributed by atoms with Gasteiger partial charge < -0.3 is 48.0 Å². The Kier molecular flexibility index (Phi) is 40.2. The first-order valence-electron chi connectivity index (χ1n) is 14.2. The minimum atomic E-state index is -0.116. The van der Waals surface area contributed by atoms with Crippen LogP contribution in [0.4, 0.5) is 0 Å².